The number of carbonyl (C=O) groups excluding carboxylic acids is 1. The van der Waals surface area contributed by atoms with Crippen LogP contribution in [-0.4, -0.2) is 36.5 Å². The Hall–Kier alpha value is -1.01. The summed E-state index contributed by atoms with van der Waals surface area (Å²) in [6, 6.07) is 2.12. The quantitative estimate of drug-likeness (QED) is 0.805. The molecule has 6 heteroatoms. The fraction of sp³-hybridized carbons (Fsp3) is 0.417. The zero-order valence-electron chi connectivity index (χ0n) is 9.84. The Morgan fingerprint density at radius 3 is 2.78 bits per heavy atom. The number of rotatable bonds is 1. The van der Waals surface area contributed by atoms with Crippen molar-refractivity contribution in [1.82, 2.24) is 10.2 Å². The zero-order chi connectivity index (χ0) is 13.3. The maximum Gasteiger partial charge on any atom is 0.255 e. The van der Waals surface area contributed by atoms with Crippen molar-refractivity contribution in [2.75, 3.05) is 19.6 Å². The predicted molar refractivity (Wildman–Crippen MR) is 67.4 cm³/mol. The molecule has 1 aliphatic heterocycles. The number of piperazine rings is 1. The Bertz CT molecular complexity index is 481. The number of amides is 1. The molecule has 98 valence electrons. The lowest BCUT2D eigenvalue weighted by Crippen LogP contribution is -2.51. The highest BCUT2D eigenvalue weighted by Crippen LogP contribution is 2.22. The molecule has 1 atom stereocenters. The van der Waals surface area contributed by atoms with Crippen LogP contribution in [0.5, 0.6) is 0 Å². The maximum atomic E-state index is 13.2. The van der Waals surface area contributed by atoms with Crippen LogP contribution in [0, 0.1) is 11.6 Å². The fourth-order valence-electron chi connectivity index (χ4n) is 1.97. The van der Waals surface area contributed by atoms with Crippen LogP contribution < -0.4 is 5.32 Å². The number of hydrogen-bond acceptors (Lipinski definition) is 2. The fourth-order valence-corrected chi connectivity index (χ4v) is 2.46. The van der Waals surface area contributed by atoms with Crippen LogP contribution in [-0.2, 0) is 0 Å². The van der Waals surface area contributed by atoms with E-state index >= 15 is 0 Å². The zero-order valence-corrected chi connectivity index (χ0v) is 11.4. The molecule has 18 heavy (non-hydrogen) atoms. The van der Waals surface area contributed by atoms with Gasteiger partial charge < -0.3 is 10.2 Å². The van der Waals surface area contributed by atoms with Gasteiger partial charge in [0.2, 0.25) is 0 Å². The molecule has 1 aromatic rings. The van der Waals surface area contributed by atoms with E-state index < -0.39 is 11.6 Å². The molecule has 0 bridgehead atoms. The van der Waals surface area contributed by atoms with Crippen molar-refractivity contribution in [3.05, 3.63) is 33.8 Å². The van der Waals surface area contributed by atoms with E-state index in [-0.39, 0.29) is 22.0 Å². The van der Waals surface area contributed by atoms with Gasteiger partial charge in [-0.25, -0.2) is 8.78 Å². The van der Waals surface area contributed by atoms with Crippen LogP contribution in [0.3, 0.4) is 0 Å². The van der Waals surface area contributed by atoms with E-state index in [1.165, 1.54) is 0 Å². The molecular weight excluding hydrogens is 306 g/mol. The standard InChI is InChI=1S/C12H13BrF2N2O/c1-7-6-17(3-2-16-7)12(18)8-4-10(14)11(15)5-9(8)13/h4-5,7,16H,2-3,6H2,1H3/t7-/m1/s1. The SMILES string of the molecule is C[C@@H]1CN(C(=O)c2cc(F)c(F)cc2Br)CCN1. The first kappa shape index (κ1) is 13.4. The average Bonchev–Trinajstić information content (AvgIpc) is 2.33. The number of nitrogens with zero attached hydrogens (tertiary/aromatic N) is 1. The van der Waals surface area contributed by atoms with Gasteiger partial charge in [-0.05, 0) is 35.0 Å². The summed E-state index contributed by atoms with van der Waals surface area (Å²) >= 11 is 3.09. The third kappa shape index (κ3) is 2.70. The number of carbonyl (C=O) groups is 1. The molecular formula is C12H13BrF2N2O. The molecule has 0 spiro atoms. The summed E-state index contributed by atoms with van der Waals surface area (Å²) in [5.41, 5.74) is 0.156. The van der Waals surface area contributed by atoms with Gasteiger partial charge in [-0.2, -0.15) is 0 Å². The Balaban J connectivity index is 2.25. The van der Waals surface area contributed by atoms with Gasteiger partial charge >= 0.3 is 0 Å². The Morgan fingerprint density at radius 1 is 1.44 bits per heavy atom. The third-order valence-corrected chi connectivity index (χ3v) is 3.55. The summed E-state index contributed by atoms with van der Waals surface area (Å²) in [7, 11) is 0. The second-order valence-electron chi connectivity index (χ2n) is 4.35. The van der Waals surface area contributed by atoms with E-state index in [1.54, 1.807) is 4.90 Å². The van der Waals surface area contributed by atoms with E-state index in [4.69, 9.17) is 0 Å². The first-order chi connectivity index (χ1) is 8.49. The molecule has 0 unspecified atom stereocenters. The van der Waals surface area contributed by atoms with E-state index in [0.29, 0.717) is 19.6 Å². The molecule has 1 aliphatic rings. The normalized spacial score (nSPS) is 20.0. The number of halogens is 3. The third-order valence-electron chi connectivity index (χ3n) is 2.90. The highest BCUT2D eigenvalue weighted by molar-refractivity contribution is 9.10. The van der Waals surface area contributed by atoms with Crippen LogP contribution in [0.1, 0.15) is 17.3 Å². The lowest BCUT2D eigenvalue weighted by molar-refractivity contribution is 0.0707. The van der Waals surface area contributed by atoms with Crippen molar-refractivity contribution in [3.63, 3.8) is 0 Å². The highest BCUT2D eigenvalue weighted by Gasteiger charge is 2.24. The maximum absolute atomic E-state index is 13.2. The summed E-state index contributed by atoms with van der Waals surface area (Å²) in [6.07, 6.45) is 0. The van der Waals surface area contributed by atoms with Gasteiger partial charge in [0.1, 0.15) is 0 Å². The van der Waals surface area contributed by atoms with Gasteiger partial charge in [0.05, 0.1) is 5.56 Å². The van der Waals surface area contributed by atoms with Crippen molar-refractivity contribution in [3.8, 4) is 0 Å². The summed E-state index contributed by atoms with van der Waals surface area (Å²) in [5.74, 6) is -2.26. The Kier molecular flexibility index (Phi) is 3.97. The second-order valence-corrected chi connectivity index (χ2v) is 5.21. The van der Waals surface area contributed by atoms with Gasteiger partial charge in [-0.1, -0.05) is 0 Å². The Labute approximate surface area is 112 Å². The van der Waals surface area contributed by atoms with Crippen molar-refractivity contribution < 1.29 is 13.6 Å². The minimum Gasteiger partial charge on any atom is -0.336 e. The van der Waals surface area contributed by atoms with E-state index in [0.717, 1.165) is 12.1 Å². The highest BCUT2D eigenvalue weighted by atomic mass is 79.9. The molecule has 0 aliphatic carbocycles. The van der Waals surface area contributed by atoms with Gasteiger partial charge in [0.15, 0.2) is 11.6 Å². The minimum atomic E-state index is -1.01. The van der Waals surface area contributed by atoms with Crippen molar-refractivity contribution in [1.29, 1.82) is 0 Å². The first-order valence-corrected chi connectivity index (χ1v) is 6.45. The molecule has 0 saturated carbocycles. The van der Waals surface area contributed by atoms with Crippen LogP contribution in [0.25, 0.3) is 0 Å². The largest absolute Gasteiger partial charge is 0.336 e. The minimum absolute atomic E-state index is 0.156. The smallest absolute Gasteiger partial charge is 0.255 e. The molecule has 0 radical (unpaired) electrons. The van der Waals surface area contributed by atoms with Gasteiger partial charge in [-0.15, -0.1) is 0 Å². The van der Waals surface area contributed by atoms with Crippen molar-refractivity contribution in [2.24, 2.45) is 0 Å². The molecule has 1 fully saturated rings. The summed E-state index contributed by atoms with van der Waals surface area (Å²) in [5, 5.41) is 3.21. The molecule has 1 heterocycles. The summed E-state index contributed by atoms with van der Waals surface area (Å²) in [6.45, 7) is 3.80. The molecule has 1 N–H and O–H groups in total. The van der Waals surface area contributed by atoms with Crippen LogP contribution in [0.2, 0.25) is 0 Å². The van der Waals surface area contributed by atoms with Crippen LogP contribution >= 0.6 is 15.9 Å². The van der Waals surface area contributed by atoms with Crippen LogP contribution in [0.15, 0.2) is 16.6 Å². The number of benzene rings is 1. The predicted octanol–water partition coefficient (Wildman–Crippen LogP) is 2.16. The van der Waals surface area contributed by atoms with Crippen molar-refractivity contribution in [2.45, 2.75) is 13.0 Å². The second kappa shape index (κ2) is 5.32. The topological polar surface area (TPSA) is 32.3 Å². The summed E-state index contributed by atoms with van der Waals surface area (Å²) in [4.78, 5) is 13.8. The molecule has 0 aromatic heterocycles. The van der Waals surface area contributed by atoms with Gasteiger partial charge in [0.25, 0.3) is 5.91 Å². The average molecular weight is 319 g/mol. The molecule has 3 nitrogen and oxygen atoms in total. The van der Waals surface area contributed by atoms with Crippen molar-refractivity contribution >= 4 is 21.8 Å². The van der Waals surface area contributed by atoms with Gasteiger partial charge in [-0.3, -0.25) is 4.79 Å². The lowest BCUT2D eigenvalue weighted by Gasteiger charge is -2.32. The molecule has 1 aromatic carbocycles. The first-order valence-electron chi connectivity index (χ1n) is 5.66. The van der Waals surface area contributed by atoms with Gasteiger partial charge in [0, 0.05) is 30.1 Å². The molecule has 2 rings (SSSR count). The number of hydrogen-bond donors (Lipinski definition) is 1. The number of nitrogens with one attached hydrogen (secondary N) is 1. The molecule has 1 amide bonds. The Morgan fingerprint density at radius 2 is 2.11 bits per heavy atom. The van der Waals surface area contributed by atoms with E-state index in [1.807, 2.05) is 6.92 Å². The van der Waals surface area contributed by atoms with E-state index in [9.17, 15) is 13.6 Å². The van der Waals surface area contributed by atoms with Crippen LogP contribution in [0.4, 0.5) is 8.78 Å². The van der Waals surface area contributed by atoms with E-state index in [2.05, 4.69) is 21.2 Å². The lowest BCUT2D eigenvalue weighted by atomic mass is 10.1. The summed E-state index contributed by atoms with van der Waals surface area (Å²) < 4.78 is 26.4. The molecule has 1 saturated heterocycles. The monoisotopic (exact) mass is 318 g/mol.